The summed E-state index contributed by atoms with van der Waals surface area (Å²) in [6.45, 7) is 20.8. The minimum absolute atomic E-state index is 0.209. The third-order valence-corrected chi connectivity index (χ3v) is 4.48. The largest absolute Gasteiger partial charge is 0.369 e. The molecule has 2 aromatic rings. The summed E-state index contributed by atoms with van der Waals surface area (Å²) in [4.78, 5) is 4.70. The Hall–Kier alpha value is -2.68. The molecule has 0 bridgehead atoms. The monoisotopic (exact) mass is 424 g/mol. The number of nitrogens with one attached hydrogen (secondary N) is 1. The lowest BCUT2D eigenvalue weighted by molar-refractivity contribution is 0.625. The van der Waals surface area contributed by atoms with Crippen molar-refractivity contribution in [3.05, 3.63) is 84.3 Å². The molecule has 0 fully saturated rings. The highest BCUT2D eigenvalue weighted by Gasteiger charge is 2.08. The topological polar surface area (TPSA) is 24.9 Å². The van der Waals surface area contributed by atoms with Gasteiger partial charge in [0.25, 0.3) is 0 Å². The predicted octanol–water partition coefficient (Wildman–Crippen LogP) is 8.72. The second kappa shape index (κ2) is 17.0. The summed E-state index contributed by atoms with van der Waals surface area (Å²) in [7, 11) is 0. The third kappa shape index (κ3) is 10.8. The van der Waals surface area contributed by atoms with Crippen molar-refractivity contribution in [1.82, 2.24) is 4.98 Å². The average molecular weight is 425 g/mol. The van der Waals surface area contributed by atoms with Crippen molar-refractivity contribution in [2.24, 2.45) is 0 Å². The third-order valence-electron chi connectivity index (χ3n) is 4.48. The Bertz CT molecular complexity index is 820. The summed E-state index contributed by atoms with van der Waals surface area (Å²) in [6, 6.07) is 10.6. The summed E-state index contributed by atoms with van der Waals surface area (Å²) in [5.74, 6) is 0.580. The molecule has 3 heteroatoms. The number of unbranched alkanes of at least 4 members (excludes halogenated alkanes) is 2. The summed E-state index contributed by atoms with van der Waals surface area (Å²) >= 11 is 0. The summed E-state index contributed by atoms with van der Waals surface area (Å²) in [5, 5.41) is 3.35. The molecule has 0 aliphatic heterocycles. The van der Waals surface area contributed by atoms with Gasteiger partial charge < -0.3 is 5.32 Å². The Balaban J connectivity index is 0.00000113. The van der Waals surface area contributed by atoms with E-state index in [2.05, 4.69) is 32.3 Å². The molecule has 2 rings (SSSR count). The first-order valence-corrected chi connectivity index (χ1v) is 11.4. The Kier molecular flexibility index (Phi) is 15.6. The van der Waals surface area contributed by atoms with Crippen LogP contribution in [0.25, 0.3) is 11.1 Å². The molecular formula is C28H41FN2. The SMILES string of the molecule is C=C/C(=C\C)c1ccc(C(=C)C)c(NCCc2cccc(F)c2)n1.CC.CCCCC. The zero-order chi connectivity index (χ0) is 23.6. The van der Waals surface area contributed by atoms with E-state index in [-0.39, 0.29) is 5.82 Å². The van der Waals surface area contributed by atoms with Gasteiger partial charge in [0.05, 0.1) is 5.69 Å². The van der Waals surface area contributed by atoms with Crippen LogP contribution in [0.1, 0.15) is 77.6 Å². The Morgan fingerprint density at radius 2 is 1.81 bits per heavy atom. The molecule has 2 nitrogen and oxygen atoms in total. The van der Waals surface area contributed by atoms with Gasteiger partial charge >= 0.3 is 0 Å². The lowest BCUT2D eigenvalue weighted by Crippen LogP contribution is -2.09. The zero-order valence-electron chi connectivity index (χ0n) is 20.4. The van der Waals surface area contributed by atoms with Gasteiger partial charge in [-0.15, -0.1) is 0 Å². The van der Waals surface area contributed by atoms with Gasteiger partial charge in [0, 0.05) is 12.1 Å². The molecule has 1 N–H and O–H groups in total. The van der Waals surface area contributed by atoms with Crippen molar-refractivity contribution in [2.45, 2.75) is 67.2 Å². The van der Waals surface area contributed by atoms with E-state index in [9.17, 15) is 4.39 Å². The second-order valence-electron chi connectivity index (χ2n) is 6.98. The van der Waals surface area contributed by atoms with Crippen LogP contribution >= 0.6 is 0 Å². The maximum atomic E-state index is 13.2. The maximum absolute atomic E-state index is 13.2. The van der Waals surface area contributed by atoms with Gasteiger partial charge in [-0.05, 0) is 61.2 Å². The molecule has 0 saturated heterocycles. The molecule has 0 saturated carbocycles. The molecule has 170 valence electrons. The smallest absolute Gasteiger partial charge is 0.134 e. The number of halogens is 1. The molecule has 0 aliphatic rings. The highest BCUT2D eigenvalue weighted by molar-refractivity contribution is 5.76. The number of nitrogens with zero attached hydrogens (tertiary/aromatic N) is 1. The van der Waals surface area contributed by atoms with Gasteiger partial charge in [-0.3, -0.25) is 0 Å². The number of aromatic nitrogens is 1. The van der Waals surface area contributed by atoms with Gasteiger partial charge in [-0.1, -0.05) is 84.4 Å². The summed E-state index contributed by atoms with van der Waals surface area (Å²) in [6.07, 6.45) is 8.57. The number of hydrogen-bond donors (Lipinski definition) is 1. The number of benzene rings is 1. The maximum Gasteiger partial charge on any atom is 0.134 e. The van der Waals surface area contributed by atoms with Gasteiger partial charge in [-0.25, -0.2) is 9.37 Å². The highest BCUT2D eigenvalue weighted by atomic mass is 19.1. The molecule has 1 aromatic carbocycles. The van der Waals surface area contributed by atoms with Crippen LogP contribution in [0.15, 0.2) is 61.7 Å². The molecule has 1 aromatic heterocycles. The normalized spacial score (nSPS) is 10.2. The van der Waals surface area contributed by atoms with Crippen LogP contribution in [0.3, 0.4) is 0 Å². The lowest BCUT2D eigenvalue weighted by Gasteiger charge is -2.13. The highest BCUT2D eigenvalue weighted by Crippen LogP contribution is 2.24. The minimum atomic E-state index is -0.209. The fourth-order valence-corrected chi connectivity index (χ4v) is 2.84. The Morgan fingerprint density at radius 3 is 2.29 bits per heavy atom. The van der Waals surface area contributed by atoms with E-state index in [4.69, 9.17) is 4.98 Å². The summed E-state index contributed by atoms with van der Waals surface area (Å²) < 4.78 is 13.2. The number of hydrogen-bond acceptors (Lipinski definition) is 2. The Labute approximate surface area is 190 Å². The van der Waals surface area contributed by atoms with E-state index in [1.54, 1.807) is 18.2 Å². The molecular weight excluding hydrogens is 383 g/mol. The van der Waals surface area contributed by atoms with E-state index in [0.717, 1.165) is 40.2 Å². The first-order chi connectivity index (χ1) is 15.0. The van der Waals surface area contributed by atoms with Crippen LogP contribution in [-0.2, 0) is 6.42 Å². The molecule has 0 atom stereocenters. The van der Waals surface area contributed by atoms with Crippen molar-refractivity contribution < 1.29 is 4.39 Å². The fourth-order valence-electron chi connectivity index (χ4n) is 2.84. The first-order valence-electron chi connectivity index (χ1n) is 11.4. The van der Waals surface area contributed by atoms with Crippen molar-refractivity contribution >= 4 is 17.0 Å². The van der Waals surface area contributed by atoms with Crippen molar-refractivity contribution in [2.75, 3.05) is 11.9 Å². The van der Waals surface area contributed by atoms with E-state index in [1.807, 2.05) is 52.0 Å². The van der Waals surface area contributed by atoms with Crippen LogP contribution < -0.4 is 5.32 Å². The van der Waals surface area contributed by atoms with Gasteiger partial charge in [0.1, 0.15) is 11.6 Å². The van der Waals surface area contributed by atoms with Crippen LogP contribution in [0.2, 0.25) is 0 Å². The molecule has 0 spiro atoms. The van der Waals surface area contributed by atoms with Crippen molar-refractivity contribution in [3.8, 4) is 0 Å². The van der Waals surface area contributed by atoms with Crippen LogP contribution in [-0.4, -0.2) is 11.5 Å². The van der Waals surface area contributed by atoms with Gasteiger partial charge in [0.15, 0.2) is 0 Å². The van der Waals surface area contributed by atoms with Crippen molar-refractivity contribution in [3.63, 3.8) is 0 Å². The van der Waals surface area contributed by atoms with Crippen LogP contribution in [0.5, 0.6) is 0 Å². The zero-order valence-corrected chi connectivity index (χ0v) is 20.4. The fraction of sp³-hybridized carbons (Fsp3) is 0.393. The molecule has 1 heterocycles. The summed E-state index contributed by atoms with van der Waals surface area (Å²) in [5.41, 5.74) is 4.73. The standard InChI is InChI=1S/C21H23FN2.C5H12.C2H6/c1-5-17(6-2)20-11-10-19(15(3)4)21(24-20)23-13-12-16-8-7-9-18(22)14-16;1-3-5-4-2;1-2/h5-11,14H,1,3,12-13H2,2,4H3,(H,23,24);3-5H2,1-2H3;1-2H3/b17-6+;;. The number of anilines is 1. The lowest BCUT2D eigenvalue weighted by atomic mass is 10.1. The van der Waals surface area contributed by atoms with E-state index < -0.39 is 0 Å². The molecule has 0 unspecified atom stereocenters. The second-order valence-corrected chi connectivity index (χ2v) is 6.98. The van der Waals surface area contributed by atoms with Gasteiger partial charge in [0.2, 0.25) is 0 Å². The number of pyridine rings is 1. The Morgan fingerprint density at radius 1 is 1.13 bits per heavy atom. The number of allylic oxidation sites excluding steroid dienone is 4. The molecule has 0 amide bonds. The van der Waals surface area contributed by atoms with Crippen molar-refractivity contribution in [1.29, 1.82) is 0 Å². The molecule has 31 heavy (non-hydrogen) atoms. The first kappa shape index (κ1) is 28.3. The van der Waals surface area contributed by atoms with Crippen LogP contribution in [0.4, 0.5) is 10.2 Å². The molecule has 0 radical (unpaired) electrons. The van der Waals surface area contributed by atoms with E-state index in [0.29, 0.717) is 6.54 Å². The minimum Gasteiger partial charge on any atom is -0.369 e. The average Bonchev–Trinajstić information content (AvgIpc) is 2.77. The van der Waals surface area contributed by atoms with Gasteiger partial charge in [-0.2, -0.15) is 0 Å². The van der Waals surface area contributed by atoms with Crippen LogP contribution in [0, 0.1) is 5.82 Å². The van der Waals surface area contributed by atoms with E-state index >= 15 is 0 Å². The quantitative estimate of drug-likeness (QED) is 0.407. The predicted molar refractivity (Wildman–Crippen MR) is 138 cm³/mol. The molecule has 0 aliphatic carbocycles. The number of rotatable bonds is 9. The van der Waals surface area contributed by atoms with E-state index in [1.165, 1.54) is 25.3 Å².